The lowest BCUT2D eigenvalue weighted by Gasteiger charge is -2.32. The molecule has 1 aliphatic rings. The number of hydrogen-bond donors (Lipinski definition) is 1. The lowest BCUT2D eigenvalue weighted by molar-refractivity contribution is -0.144. The molecular formula is C16H21F3N6O2. The van der Waals surface area contributed by atoms with Crippen molar-refractivity contribution in [3.05, 3.63) is 17.6 Å². The first kappa shape index (κ1) is 19.2. The van der Waals surface area contributed by atoms with Gasteiger partial charge in [0.2, 0.25) is 0 Å². The minimum Gasteiger partial charge on any atom is -0.447 e. The predicted octanol–water partition coefficient (Wildman–Crippen LogP) is 2.87. The van der Waals surface area contributed by atoms with Crippen LogP contribution < -0.4 is 5.32 Å². The molecule has 0 unspecified atom stereocenters. The molecule has 3 rings (SSSR count). The molecule has 27 heavy (non-hydrogen) atoms. The van der Waals surface area contributed by atoms with Gasteiger partial charge in [0.25, 0.3) is 11.6 Å². The molecule has 8 nitrogen and oxygen atoms in total. The van der Waals surface area contributed by atoms with Gasteiger partial charge in [0.05, 0.1) is 6.10 Å². The third-order valence-electron chi connectivity index (χ3n) is 4.14. The van der Waals surface area contributed by atoms with Gasteiger partial charge >= 0.3 is 12.3 Å². The minimum absolute atomic E-state index is 0.0170. The summed E-state index contributed by atoms with van der Waals surface area (Å²) in [7, 11) is 0. The zero-order valence-electron chi connectivity index (χ0n) is 15.2. The molecule has 1 saturated heterocycles. The van der Waals surface area contributed by atoms with E-state index in [2.05, 4.69) is 20.4 Å². The minimum atomic E-state index is -4.64. The molecule has 0 aromatic carbocycles. The standard InChI is InChI=1S/C16H21F3N6O2/c1-9(2)27-15(26)24-6-4-11(5-7-24)21-12-8-10(3)20-14-22-13(16(17,18)19)23-25(12)14/h8-9,11,21H,4-7H2,1-3H3. The average molecular weight is 386 g/mol. The molecule has 0 aliphatic carbocycles. The van der Waals surface area contributed by atoms with E-state index in [9.17, 15) is 18.0 Å². The highest BCUT2D eigenvalue weighted by Gasteiger charge is 2.37. The van der Waals surface area contributed by atoms with Crippen molar-refractivity contribution in [2.45, 2.75) is 51.9 Å². The van der Waals surface area contributed by atoms with Gasteiger partial charge in [0, 0.05) is 30.9 Å². The molecule has 2 aromatic heterocycles. The lowest BCUT2D eigenvalue weighted by Crippen LogP contribution is -2.43. The topological polar surface area (TPSA) is 84.7 Å². The summed E-state index contributed by atoms with van der Waals surface area (Å²) in [6, 6.07) is 1.61. The number of carbonyl (C=O) groups is 1. The Morgan fingerprint density at radius 3 is 2.56 bits per heavy atom. The van der Waals surface area contributed by atoms with Crippen molar-refractivity contribution in [1.82, 2.24) is 24.5 Å². The van der Waals surface area contributed by atoms with E-state index in [1.54, 1.807) is 31.7 Å². The van der Waals surface area contributed by atoms with Crippen molar-refractivity contribution in [2.75, 3.05) is 18.4 Å². The number of carbonyl (C=O) groups excluding carboxylic acids is 1. The lowest BCUT2D eigenvalue weighted by atomic mass is 10.1. The van der Waals surface area contributed by atoms with Gasteiger partial charge in [0.1, 0.15) is 5.82 Å². The monoisotopic (exact) mass is 386 g/mol. The maximum Gasteiger partial charge on any atom is 0.453 e. The van der Waals surface area contributed by atoms with Crippen LogP contribution in [0, 0.1) is 6.92 Å². The van der Waals surface area contributed by atoms with Crippen LogP contribution in [0.3, 0.4) is 0 Å². The number of piperidine rings is 1. The number of amides is 1. The van der Waals surface area contributed by atoms with Gasteiger partial charge in [-0.05, 0) is 33.6 Å². The number of likely N-dealkylation sites (tertiary alicyclic amines) is 1. The number of halogens is 3. The Bertz CT molecular complexity index is 827. The van der Waals surface area contributed by atoms with Crippen LogP contribution in [0.2, 0.25) is 0 Å². The molecule has 148 valence electrons. The quantitative estimate of drug-likeness (QED) is 0.873. The van der Waals surface area contributed by atoms with Crippen LogP contribution in [-0.2, 0) is 10.9 Å². The van der Waals surface area contributed by atoms with E-state index in [0.717, 1.165) is 4.52 Å². The zero-order valence-corrected chi connectivity index (χ0v) is 15.2. The summed E-state index contributed by atoms with van der Waals surface area (Å²) in [5.74, 6) is -0.943. The van der Waals surface area contributed by atoms with Crippen LogP contribution >= 0.6 is 0 Å². The number of ether oxygens (including phenoxy) is 1. The first-order chi connectivity index (χ1) is 12.6. The van der Waals surface area contributed by atoms with Crippen molar-refractivity contribution < 1.29 is 22.7 Å². The summed E-state index contributed by atoms with van der Waals surface area (Å²) in [6.07, 6.45) is -3.90. The smallest absolute Gasteiger partial charge is 0.447 e. The van der Waals surface area contributed by atoms with Crippen molar-refractivity contribution >= 4 is 17.7 Å². The van der Waals surface area contributed by atoms with E-state index < -0.39 is 12.0 Å². The largest absolute Gasteiger partial charge is 0.453 e. The summed E-state index contributed by atoms with van der Waals surface area (Å²) in [6.45, 7) is 6.26. The van der Waals surface area contributed by atoms with Gasteiger partial charge in [-0.1, -0.05) is 0 Å². The number of anilines is 1. The number of hydrogen-bond acceptors (Lipinski definition) is 6. The number of nitrogens with zero attached hydrogens (tertiary/aromatic N) is 5. The van der Waals surface area contributed by atoms with E-state index in [4.69, 9.17) is 4.74 Å². The molecule has 1 fully saturated rings. The van der Waals surface area contributed by atoms with E-state index in [0.29, 0.717) is 37.4 Å². The Morgan fingerprint density at radius 1 is 1.30 bits per heavy atom. The fraction of sp³-hybridized carbons (Fsp3) is 0.625. The summed E-state index contributed by atoms with van der Waals surface area (Å²) in [5, 5.41) is 6.74. The van der Waals surface area contributed by atoms with Crippen LogP contribution in [0.5, 0.6) is 0 Å². The predicted molar refractivity (Wildman–Crippen MR) is 90.4 cm³/mol. The maximum absolute atomic E-state index is 12.9. The number of nitrogens with one attached hydrogen (secondary N) is 1. The van der Waals surface area contributed by atoms with Crippen LogP contribution in [0.1, 0.15) is 38.2 Å². The molecule has 2 aromatic rings. The molecule has 1 N–H and O–H groups in total. The van der Waals surface area contributed by atoms with Gasteiger partial charge in [-0.2, -0.15) is 22.7 Å². The van der Waals surface area contributed by atoms with Crippen molar-refractivity contribution in [2.24, 2.45) is 0 Å². The second-order valence-electron chi connectivity index (χ2n) is 6.77. The van der Waals surface area contributed by atoms with Crippen molar-refractivity contribution in [1.29, 1.82) is 0 Å². The third-order valence-corrected chi connectivity index (χ3v) is 4.14. The summed E-state index contributed by atoms with van der Waals surface area (Å²) >= 11 is 0. The molecule has 11 heteroatoms. The van der Waals surface area contributed by atoms with Crippen LogP contribution in [0.15, 0.2) is 6.07 Å². The highest BCUT2D eigenvalue weighted by Crippen LogP contribution is 2.27. The molecular weight excluding hydrogens is 365 g/mol. The molecule has 0 spiro atoms. The zero-order chi connectivity index (χ0) is 19.8. The van der Waals surface area contributed by atoms with Crippen LogP contribution in [0.4, 0.5) is 23.8 Å². The highest BCUT2D eigenvalue weighted by atomic mass is 19.4. The number of fused-ring (bicyclic) bond motifs is 1. The van der Waals surface area contributed by atoms with Gasteiger partial charge in [-0.15, -0.1) is 5.10 Å². The Balaban J connectivity index is 1.72. The Kier molecular flexibility index (Phi) is 5.11. The second kappa shape index (κ2) is 7.20. The van der Waals surface area contributed by atoms with E-state index in [-0.39, 0.29) is 24.0 Å². The molecule has 0 atom stereocenters. The summed E-state index contributed by atoms with van der Waals surface area (Å²) in [4.78, 5) is 21.0. The summed E-state index contributed by atoms with van der Waals surface area (Å²) < 4.78 is 44.9. The average Bonchev–Trinajstić information content (AvgIpc) is 2.99. The first-order valence-corrected chi connectivity index (χ1v) is 8.67. The maximum atomic E-state index is 12.9. The van der Waals surface area contributed by atoms with Gasteiger partial charge in [0.15, 0.2) is 0 Å². The number of rotatable bonds is 3. The summed E-state index contributed by atoms with van der Waals surface area (Å²) in [5.41, 5.74) is 0.532. The number of aromatic nitrogens is 4. The fourth-order valence-corrected chi connectivity index (χ4v) is 2.90. The van der Waals surface area contributed by atoms with Gasteiger partial charge in [-0.3, -0.25) is 0 Å². The molecule has 0 bridgehead atoms. The molecule has 1 aliphatic heterocycles. The number of alkyl halides is 3. The van der Waals surface area contributed by atoms with E-state index in [1.165, 1.54) is 0 Å². The Morgan fingerprint density at radius 2 is 1.96 bits per heavy atom. The number of aryl methyl sites for hydroxylation is 1. The van der Waals surface area contributed by atoms with E-state index >= 15 is 0 Å². The van der Waals surface area contributed by atoms with Gasteiger partial charge in [-0.25, -0.2) is 9.78 Å². The fourth-order valence-electron chi connectivity index (χ4n) is 2.90. The normalized spacial score (nSPS) is 16.2. The molecule has 0 radical (unpaired) electrons. The highest BCUT2D eigenvalue weighted by molar-refractivity contribution is 5.68. The van der Waals surface area contributed by atoms with Crippen LogP contribution in [-0.4, -0.2) is 55.8 Å². The molecule has 1 amide bonds. The third kappa shape index (κ3) is 4.40. The first-order valence-electron chi connectivity index (χ1n) is 8.67. The van der Waals surface area contributed by atoms with E-state index in [1.807, 2.05) is 0 Å². The Hall–Kier alpha value is -2.59. The van der Waals surface area contributed by atoms with Gasteiger partial charge < -0.3 is 15.0 Å². The van der Waals surface area contributed by atoms with Crippen molar-refractivity contribution in [3.8, 4) is 0 Å². The Labute approximate surface area is 153 Å². The molecule has 3 heterocycles. The second-order valence-corrected chi connectivity index (χ2v) is 6.77. The van der Waals surface area contributed by atoms with Crippen LogP contribution in [0.25, 0.3) is 5.78 Å². The SMILES string of the molecule is Cc1cc(NC2CCN(C(=O)OC(C)C)CC2)n2nc(C(F)(F)F)nc2n1. The van der Waals surface area contributed by atoms with Crippen molar-refractivity contribution in [3.63, 3.8) is 0 Å². The molecule has 0 saturated carbocycles.